The van der Waals surface area contributed by atoms with Gasteiger partial charge in [0.25, 0.3) is 5.91 Å². The van der Waals surface area contributed by atoms with Crippen molar-refractivity contribution in [3.8, 4) is 11.1 Å². The Kier molecular flexibility index (Phi) is 5.68. The van der Waals surface area contributed by atoms with Crippen LogP contribution in [-0.4, -0.2) is 34.7 Å². The lowest BCUT2D eigenvalue weighted by Crippen LogP contribution is -2.39. The van der Waals surface area contributed by atoms with Crippen molar-refractivity contribution in [3.63, 3.8) is 0 Å². The molecule has 0 unspecified atom stereocenters. The zero-order chi connectivity index (χ0) is 22.2. The van der Waals surface area contributed by atoms with E-state index < -0.39 is 11.4 Å². The molecule has 1 saturated heterocycles. The van der Waals surface area contributed by atoms with E-state index in [0.717, 1.165) is 6.42 Å². The summed E-state index contributed by atoms with van der Waals surface area (Å²) in [6, 6.07) is 5.99. The number of nitrogens with one attached hydrogen (secondary N) is 1. The Balaban J connectivity index is 1.81. The van der Waals surface area contributed by atoms with Crippen molar-refractivity contribution in [2.24, 2.45) is 5.73 Å². The molecule has 3 heterocycles. The third-order valence-corrected chi connectivity index (χ3v) is 5.60. The molecule has 1 aliphatic heterocycles. The lowest BCUT2D eigenvalue weighted by atomic mass is 9.97. The van der Waals surface area contributed by atoms with E-state index in [2.05, 4.69) is 20.4 Å². The highest BCUT2D eigenvalue weighted by atomic mass is 35.5. The standard InChI is InChI=1S/C22H23ClFN5O2/c1-13-19(14-7-15(23)9-16(24)8-14)20(29-5-4-22(2,25)12-29)18(11-26-13)21(30)27-10-17-3-6-31-28-17/h3,6-9,11H,4-5,10,12,25H2,1-2H3,(H,27,30)/t22-/m0/s1. The highest BCUT2D eigenvalue weighted by Crippen LogP contribution is 2.39. The maximum Gasteiger partial charge on any atom is 0.255 e. The topological polar surface area (TPSA) is 97.3 Å². The van der Waals surface area contributed by atoms with Crippen molar-refractivity contribution < 1.29 is 13.7 Å². The Hall–Kier alpha value is -2.97. The van der Waals surface area contributed by atoms with Crippen LogP contribution in [0, 0.1) is 12.7 Å². The molecule has 9 heteroatoms. The number of pyridine rings is 1. The van der Waals surface area contributed by atoms with Crippen LogP contribution in [0.2, 0.25) is 5.02 Å². The summed E-state index contributed by atoms with van der Waals surface area (Å²) in [5.74, 6) is -0.779. The van der Waals surface area contributed by atoms with E-state index in [1.54, 1.807) is 18.3 Å². The van der Waals surface area contributed by atoms with Crippen LogP contribution in [0.25, 0.3) is 11.1 Å². The first kappa shape index (κ1) is 21.3. The average Bonchev–Trinajstić information content (AvgIpc) is 3.34. The Labute approximate surface area is 184 Å². The number of halogens is 2. The molecule has 4 rings (SSSR count). The Morgan fingerprint density at radius 3 is 2.87 bits per heavy atom. The van der Waals surface area contributed by atoms with E-state index in [-0.39, 0.29) is 17.5 Å². The summed E-state index contributed by atoms with van der Waals surface area (Å²) >= 11 is 6.13. The van der Waals surface area contributed by atoms with E-state index in [1.807, 2.05) is 13.8 Å². The molecule has 31 heavy (non-hydrogen) atoms. The van der Waals surface area contributed by atoms with E-state index in [1.165, 1.54) is 18.4 Å². The second-order valence-corrected chi connectivity index (χ2v) is 8.57. The van der Waals surface area contributed by atoms with Gasteiger partial charge in [-0.05, 0) is 44.0 Å². The van der Waals surface area contributed by atoms with E-state index >= 15 is 0 Å². The molecule has 1 atom stereocenters. The fourth-order valence-corrected chi connectivity index (χ4v) is 4.12. The van der Waals surface area contributed by atoms with Gasteiger partial charge < -0.3 is 20.5 Å². The van der Waals surface area contributed by atoms with Crippen LogP contribution < -0.4 is 16.0 Å². The largest absolute Gasteiger partial charge is 0.368 e. The fourth-order valence-electron chi connectivity index (χ4n) is 3.90. The SMILES string of the molecule is Cc1ncc(C(=O)NCc2ccon2)c(N2CC[C@](C)(N)C2)c1-c1cc(F)cc(Cl)c1. The molecule has 3 N–H and O–H groups in total. The zero-order valence-electron chi connectivity index (χ0n) is 17.3. The van der Waals surface area contributed by atoms with Gasteiger partial charge in [-0.1, -0.05) is 16.8 Å². The number of aromatic nitrogens is 2. The maximum atomic E-state index is 14.2. The quantitative estimate of drug-likeness (QED) is 0.624. The van der Waals surface area contributed by atoms with Crippen molar-refractivity contribution in [1.82, 2.24) is 15.5 Å². The van der Waals surface area contributed by atoms with Crippen molar-refractivity contribution in [2.45, 2.75) is 32.4 Å². The van der Waals surface area contributed by atoms with Gasteiger partial charge in [0.1, 0.15) is 17.8 Å². The van der Waals surface area contributed by atoms with Gasteiger partial charge in [0.15, 0.2) is 0 Å². The van der Waals surface area contributed by atoms with Gasteiger partial charge >= 0.3 is 0 Å². The average molecular weight is 444 g/mol. The summed E-state index contributed by atoms with van der Waals surface area (Å²) in [6.45, 7) is 5.22. The number of hydrogen-bond donors (Lipinski definition) is 2. The minimum Gasteiger partial charge on any atom is -0.368 e. The minimum absolute atomic E-state index is 0.207. The van der Waals surface area contributed by atoms with Crippen molar-refractivity contribution in [2.75, 3.05) is 18.0 Å². The predicted octanol–water partition coefficient (Wildman–Crippen LogP) is 3.70. The number of carbonyl (C=O) groups is 1. The van der Waals surface area contributed by atoms with Gasteiger partial charge in [-0.15, -0.1) is 0 Å². The summed E-state index contributed by atoms with van der Waals surface area (Å²) in [5.41, 5.74) is 9.50. The third kappa shape index (κ3) is 4.55. The maximum absolute atomic E-state index is 14.2. The van der Waals surface area contributed by atoms with Gasteiger partial charge in [-0.3, -0.25) is 9.78 Å². The van der Waals surface area contributed by atoms with Gasteiger partial charge in [0, 0.05) is 47.2 Å². The van der Waals surface area contributed by atoms with Crippen LogP contribution in [0.5, 0.6) is 0 Å². The molecule has 1 amide bonds. The third-order valence-electron chi connectivity index (χ3n) is 5.38. The molecule has 0 spiro atoms. The second-order valence-electron chi connectivity index (χ2n) is 8.14. The Bertz CT molecular complexity index is 1100. The molecular formula is C22H23ClFN5O2. The van der Waals surface area contributed by atoms with E-state index in [4.69, 9.17) is 21.9 Å². The summed E-state index contributed by atoms with van der Waals surface area (Å²) in [5, 5.41) is 6.93. The van der Waals surface area contributed by atoms with Crippen molar-refractivity contribution >= 4 is 23.2 Å². The summed E-state index contributed by atoms with van der Waals surface area (Å²) < 4.78 is 19.0. The zero-order valence-corrected chi connectivity index (χ0v) is 18.0. The second kappa shape index (κ2) is 8.28. The van der Waals surface area contributed by atoms with Crippen LogP contribution in [0.1, 0.15) is 35.1 Å². The molecule has 162 valence electrons. The molecular weight excluding hydrogens is 421 g/mol. The van der Waals surface area contributed by atoms with Crippen molar-refractivity contribution in [1.29, 1.82) is 0 Å². The van der Waals surface area contributed by atoms with E-state index in [9.17, 15) is 9.18 Å². The van der Waals surface area contributed by atoms with Crippen LogP contribution in [0.4, 0.5) is 10.1 Å². The molecule has 1 fully saturated rings. The molecule has 0 radical (unpaired) electrons. The Morgan fingerprint density at radius 2 is 2.23 bits per heavy atom. The number of aryl methyl sites for hydroxylation is 1. The molecule has 0 saturated carbocycles. The molecule has 0 bridgehead atoms. The summed E-state index contributed by atoms with van der Waals surface area (Å²) in [4.78, 5) is 19.6. The number of rotatable bonds is 5. The number of amides is 1. The minimum atomic E-state index is -0.459. The summed E-state index contributed by atoms with van der Waals surface area (Å²) in [6.07, 6.45) is 3.75. The lowest BCUT2D eigenvalue weighted by Gasteiger charge is -2.27. The summed E-state index contributed by atoms with van der Waals surface area (Å²) in [7, 11) is 0. The molecule has 7 nitrogen and oxygen atoms in total. The van der Waals surface area contributed by atoms with Crippen LogP contribution >= 0.6 is 11.6 Å². The molecule has 3 aromatic rings. The number of nitrogens with zero attached hydrogens (tertiary/aromatic N) is 3. The number of carbonyl (C=O) groups excluding carboxylic acids is 1. The monoisotopic (exact) mass is 443 g/mol. The van der Waals surface area contributed by atoms with Crippen LogP contribution in [0.15, 0.2) is 41.2 Å². The smallest absolute Gasteiger partial charge is 0.255 e. The normalized spacial score (nSPS) is 18.4. The first-order chi connectivity index (χ1) is 14.7. The first-order valence-electron chi connectivity index (χ1n) is 9.91. The molecule has 1 aromatic carbocycles. The Morgan fingerprint density at radius 1 is 1.42 bits per heavy atom. The molecule has 2 aromatic heterocycles. The number of hydrogen-bond acceptors (Lipinski definition) is 6. The van der Waals surface area contributed by atoms with Gasteiger partial charge in [-0.2, -0.15) is 0 Å². The number of nitrogens with two attached hydrogens (primary N) is 1. The van der Waals surface area contributed by atoms with Crippen LogP contribution in [-0.2, 0) is 6.54 Å². The number of anilines is 1. The molecule has 1 aliphatic rings. The lowest BCUT2D eigenvalue weighted by molar-refractivity contribution is 0.0950. The predicted molar refractivity (Wildman–Crippen MR) is 116 cm³/mol. The van der Waals surface area contributed by atoms with Gasteiger partial charge in [0.2, 0.25) is 0 Å². The molecule has 0 aliphatic carbocycles. The van der Waals surface area contributed by atoms with Crippen LogP contribution in [0.3, 0.4) is 0 Å². The highest BCUT2D eigenvalue weighted by Gasteiger charge is 2.34. The van der Waals surface area contributed by atoms with Crippen molar-refractivity contribution in [3.05, 3.63) is 64.5 Å². The fraction of sp³-hybridized carbons (Fsp3) is 0.318. The highest BCUT2D eigenvalue weighted by molar-refractivity contribution is 6.31. The van der Waals surface area contributed by atoms with Gasteiger partial charge in [-0.25, -0.2) is 4.39 Å². The van der Waals surface area contributed by atoms with Gasteiger partial charge in [0.05, 0.1) is 17.8 Å². The van der Waals surface area contributed by atoms with E-state index in [0.29, 0.717) is 46.9 Å². The number of benzene rings is 1. The first-order valence-corrected chi connectivity index (χ1v) is 10.3.